The van der Waals surface area contributed by atoms with E-state index < -0.39 is 6.29 Å². The van der Waals surface area contributed by atoms with Crippen molar-refractivity contribution >= 4 is 16.7 Å². The summed E-state index contributed by atoms with van der Waals surface area (Å²) in [7, 11) is 1.51. The third kappa shape index (κ3) is 4.32. The van der Waals surface area contributed by atoms with Gasteiger partial charge in [-0.15, -0.1) is 0 Å². The van der Waals surface area contributed by atoms with Crippen LogP contribution in [0.3, 0.4) is 0 Å². The molecule has 0 radical (unpaired) electrons. The van der Waals surface area contributed by atoms with E-state index in [0.29, 0.717) is 12.1 Å². The van der Waals surface area contributed by atoms with Crippen LogP contribution in [-0.2, 0) is 11.2 Å². The van der Waals surface area contributed by atoms with Crippen LogP contribution in [0.1, 0.15) is 25.0 Å². The number of aliphatic hydroxyl groups excluding tert-OH is 1. The Bertz CT molecular complexity index is 837. The fraction of sp³-hybridized carbons (Fsp3) is 0.300. The fourth-order valence-electron chi connectivity index (χ4n) is 2.84. The molecule has 0 fully saturated rings. The second-order valence-corrected chi connectivity index (χ2v) is 6.07. The minimum absolute atomic E-state index is 0.616. The van der Waals surface area contributed by atoms with E-state index in [-0.39, 0.29) is 0 Å². The topological polar surface area (TPSA) is 81.3 Å². The molecule has 0 spiro atoms. The second-order valence-electron chi connectivity index (χ2n) is 6.07. The summed E-state index contributed by atoms with van der Waals surface area (Å²) >= 11 is 0. The van der Waals surface area contributed by atoms with Gasteiger partial charge in [0.1, 0.15) is 0 Å². The summed E-state index contributed by atoms with van der Waals surface area (Å²) in [5, 5.41) is 9.50. The van der Waals surface area contributed by atoms with Crippen LogP contribution in [-0.4, -0.2) is 28.5 Å². The predicted molar refractivity (Wildman–Crippen MR) is 100.0 cm³/mol. The Hall–Kier alpha value is -2.50. The molecule has 0 bridgehead atoms. The Morgan fingerprint density at radius 2 is 1.84 bits per heavy atom. The van der Waals surface area contributed by atoms with Crippen LogP contribution >= 0.6 is 0 Å². The van der Waals surface area contributed by atoms with Crippen molar-refractivity contribution in [2.45, 2.75) is 32.0 Å². The summed E-state index contributed by atoms with van der Waals surface area (Å²) in [4.78, 5) is 9.64. The first-order valence-electron chi connectivity index (χ1n) is 8.50. The molecular weight excluding hydrogens is 314 g/mol. The van der Waals surface area contributed by atoms with Gasteiger partial charge in [0.15, 0.2) is 6.29 Å². The molecule has 130 valence electrons. The second kappa shape index (κ2) is 8.05. The van der Waals surface area contributed by atoms with E-state index in [0.717, 1.165) is 47.2 Å². The van der Waals surface area contributed by atoms with Gasteiger partial charge in [0.05, 0.1) is 22.4 Å². The van der Waals surface area contributed by atoms with Gasteiger partial charge in [-0.25, -0.2) is 9.97 Å². The zero-order chi connectivity index (χ0) is 17.6. The van der Waals surface area contributed by atoms with Crippen LogP contribution in [0.25, 0.3) is 22.3 Å². The lowest BCUT2D eigenvalue weighted by atomic mass is 10.0. The lowest BCUT2D eigenvalue weighted by Crippen LogP contribution is -2.08. The van der Waals surface area contributed by atoms with Crippen LogP contribution in [0.4, 0.5) is 5.69 Å². The molecular formula is C20H23N3O2. The number of nitrogens with zero attached hydrogens (tertiary/aromatic N) is 2. The predicted octanol–water partition coefficient (Wildman–Crippen LogP) is 3.56. The van der Waals surface area contributed by atoms with E-state index >= 15 is 0 Å². The number of unbranched alkanes of at least 4 members (excludes halogenated alkanes) is 1. The van der Waals surface area contributed by atoms with Gasteiger partial charge in [-0.2, -0.15) is 0 Å². The monoisotopic (exact) mass is 337 g/mol. The molecule has 0 aliphatic rings. The number of methoxy groups -OCH3 is 1. The molecule has 5 heteroatoms. The van der Waals surface area contributed by atoms with E-state index in [2.05, 4.69) is 0 Å². The van der Waals surface area contributed by atoms with Crippen molar-refractivity contribution in [3.05, 3.63) is 54.2 Å². The Morgan fingerprint density at radius 3 is 2.60 bits per heavy atom. The largest absolute Gasteiger partial charge is 0.399 e. The molecule has 0 aliphatic carbocycles. The number of aliphatic hydroxyl groups is 1. The van der Waals surface area contributed by atoms with Crippen molar-refractivity contribution in [1.29, 1.82) is 0 Å². The van der Waals surface area contributed by atoms with E-state index in [1.807, 2.05) is 48.5 Å². The summed E-state index contributed by atoms with van der Waals surface area (Å²) in [6, 6.07) is 15.7. The summed E-state index contributed by atoms with van der Waals surface area (Å²) in [6.45, 7) is 0. The lowest BCUT2D eigenvalue weighted by Gasteiger charge is -2.11. The van der Waals surface area contributed by atoms with Crippen LogP contribution in [0.15, 0.2) is 48.5 Å². The average Bonchev–Trinajstić information content (AvgIpc) is 2.65. The van der Waals surface area contributed by atoms with Crippen molar-refractivity contribution in [2.24, 2.45) is 0 Å². The molecule has 2 aromatic carbocycles. The van der Waals surface area contributed by atoms with Gasteiger partial charge >= 0.3 is 0 Å². The molecule has 1 heterocycles. The Labute approximate surface area is 147 Å². The van der Waals surface area contributed by atoms with E-state index in [4.69, 9.17) is 20.4 Å². The van der Waals surface area contributed by atoms with E-state index in [9.17, 15) is 5.11 Å². The number of rotatable bonds is 7. The molecule has 0 saturated heterocycles. The molecule has 3 aromatic rings. The van der Waals surface area contributed by atoms with Crippen LogP contribution in [0.5, 0.6) is 0 Å². The number of nitrogen functional groups attached to an aromatic ring is 1. The molecule has 5 nitrogen and oxygen atoms in total. The highest BCUT2D eigenvalue weighted by molar-refractivity contribution is 5.81. The number of nitrogens with two attached hydrogens (primary N) is 1. The number of benzene rings is 2. The molecule has 3 N–H and O–H groups in total. The summed E-state index contributed by atoms with van der Waals surface area (Å²) in [5.41, 5.74) is 11.1. The zero-order valence-corrected chi connectivity index (χ0v) is 14.4. The maximum Gasteiger partial charge on any atom is 0.154 e. The van der Waals surface area contributed by atoms with Crippen LogP contribution < -0.4 is 5.73 Å². The molecule has 1 unspecified atom stereocenters. The molecule has 1 aromatic heterocycles. The number of aryl methyl sites for hydroxylation is 1. The van der Waals surface area contributed by atoms with Crippen molar-refractivity contribution in [1.82, 2.24) is 9.97 Å². The van der Waals surface area contributed by atoms with Gasteiger partial charge in [0, 0.05) is 18.4 Å². The van der Waals surface area contributed by atoms with Crippen molar-refractivity contribution in [2.75, 3.05) is 12.8 Å². The summed E-state index contributed by atoms with van der Waals surface area (Å²) < 4.78 is 4.88. The minimum atomic E-state index is -0.698. The quantitative estimate of drug-likeness (QED) is 0.391. The summed E-state index contributed by atoms with van der Waals surface area (Å²) in [5.74, 6) is 0. The molecule has 0 amide bonds. The lowest BCUT2D eigenvalue weighted by molar-refractivity contribution is -0.0792. The molecule has 0 saturated carbocycles. The van der Waals surface area contributed by atoms with Crippen molar-refractivity contribution in [3.63, 3.8) is 0 Å². The highest BCUT2D eigenvalue weighted by Crippen LogP contribution is 2.25. The zero-order valence-electron chi connectivity index (χ0n) is 14.4. The number of hydrogen-bond donors (Lipinski definition) is 2. The molecule has 0 aliphatic heterocycles. The number of hydrogen-bond acceptors (Lipinski definition) is 5. The van der Waals surface area contributed by atoms with Crippen molar-refractivity contribution in [3.8, 4) is 11.3 Å². The molecule has 3 rings (SSSR count). The maximum atomic E-state index is 9.50. The van der Waals surface area contributed by atoms with E-state index in [1.54, 1.807) is 0 Å². The Morgan fingerprint density at radius 1 is 1.04 bits per heavy atom. The summed E-state index contributed by atoms with van der Waals surface area (Å²) in [6.07, 6.45) is 2.47. The Kier molecular flexibility index (Phi) is 5.58. The number of fused-ring (bicyclic) bond motifs is 1. The number of aromatic nitrogens is 2. The third-order valence-electron chi connectivity index (χ3n) is 4.19. The molecule has 1 atom stereocenters. The highest BCUT2D eigenvalue weighted by Gasteiger charge is 2.11. The first-order valence-corrected chi connectivity index (χ1v) is 8.50. The first-order chi connectivity index (χ1) is 12.2. The average molecular weight is 337 g/mol. The van der Waals surface area contributed by atoms with Gasteiger partial charge in [-0.1, -0.05) is 30.3 Å². The van der Waals surface area contributed by atoms with E-state index in [1.165, 1.54) is 7.11 Å². The van der Waals surface area contributed by atoms with Gasteiger partial charge in [0.25, 0.3) is 0 Å². The maximum absolute atomic E-state index is 9.50. The fourth-order valence-corrected chi connectivity index (χ4v) is 2.84. The van der Waals surface area contributed by atoms with Crippen molar-refractivity contribution < 1.29 is 9.84 Å². The SMILES string of the molecule is COC(O)CCCCc1nc2cc(N)ccc2nc1-c1ccccc1. The highest BCUT2D eigenvalue weighted by atomic mass is 16.6. The standard InChI is InChI=1S/C20H23N3O2/c1-25-19(24)10-6-5-9-17-20(14-7-3-2-4-8-14)23-16-12-11-15(21)13-18(16)22-17/h2-4,7-8,11-13,19,24H,5-6,9-10,21H2,1H3. The molecule has 25 heavy (non-hydrogen) atoms. The smallest absolute Gasteiger partial charge is 0.154 e. The minimum Gasteiger partial charge on any atom is -0.399 e. The first kappa shape index (κ1) is 17.3. The van der Waals surface area contributed by atoms with Crippen LogP contribution in [0.2, 0.25) is 0 Å². The normalized spacial score (nSPS) is 12.4. The van der Waals surface area contributed by atoms with Gasteiger partial charge in [0.2, 0.25) is 0 Å². The van der Waals surface area contributed by atoms with Crippen LogP contribution in [0, 0.1) is 0 Å². The number of ether oxygens (including phenoxy) is 1. The van der Waals surface area contributed by atoms with Gasteiger partial charge in [-0.05, 0) is 43.9 Å². The number of anilines is 1. The van der Waals surface area contributed by atoms with Gasteiger partial charge < -0.3 is 15.6 Å². The Balaban J connectivity index is 1.90. The third-order valence-corrected chi connectivity index (χ3v) is 4.19. The van der Waals surface area contributed by atoms with Gasteiger partial charge in [-0.3, -0.25) is 0 Å².